The summed E-state index contributed by atoms with van der Waals surface area (Å²) in [6.45, 7) is 1.70. The topological polar surface area (TPSA) is 33.4 Å². The first-order chi connectivity index (χ1) is 5.88. The normalized spacial score (nSPS) is 15.5. The van der Waals surface area contributed by atoms with E-state index in [1.807, 2.05) is 11.1 Å². The maximum absolute atomic E-state index is 5.19. The minimum atomic E-state index is 0.730. The Balaban J connectivity index is 2.15. The second kappa shape index (κ2) is 3.02. The van der Waals surface area contributed by atoms with Crippen LogP contribution >= 0.6 is 12.2 Å². The van der Waals surface area contributed by atoms with E-state index in [0.29, 0.717) is 0 Å². The van der Waals surface area contributed by atoms with Crippen molar-refractivity contribution >= 4 is 23.7 Å². The molecule has 0 aliphatic carbocycles. The third-order valence-electron chi connectivity index (χ3n) is 1.66. The molecular formula is C7H8N4S. The van der Waals surface area contributed by atoms with Gasteiger partial charge in [0.05, 0.1) is 12.9 Å². The quantitative estimate of drug-likeness (QED) is 0.540. The fourth-order valence-electron chi connectivity index (χ4n) is 1.05. The monoisotopic (exact) mass is 180 g/mol. The van der Waals surface area contributed by atoms with Gasteiger partial charge in [-0.15, -0.1) is 0 Å². The lowest BCUT2D eigenvalue weighted by Gasteiger charge is -2.14. The van der Waals surface area contributed by atoms with Crippen LogP contribution in [0, 0.1) is 0 Å². The highest BCUT2D eigenvalue weighted by molar-refractivity contribution is 7.80. The smallest absolute Gasteiger partial charge is 0.186 e. The van der Waals surface area contributed by atoms with Gasteiger partial charge in [-0.2, -0.15) is 0 Å². The highest BCUT2D eigenvalue weighted by atomic mass is 32.1. The molecule has 1 aliphatic heterocycles. The molecule has 0 N–H and O–H groups in total. The van der Waals surface area contributed by atoms with Crippen LogP contribution in [0.2, 0.25) is 0 Å². The first kappa shape index (κ1) is 7.42. The van der Waals surface area contributed by atoms with Crippen molar-refractivity contribution in [2.45, 2.75) is 0 Å². The van der Waals surface area contributed by atoms with Gasteiger partial charge in [0.2, 0.25) is 0 Å². The van der Waals surface area contributed by atoms with E-state index in [1.165, 1.54) is 0 Å². The fraction of sp³-hybridized carbons (Fsp3) is 0.286. The molecule has 0 radical (unpaired) electrons. The van der Waals surface area contributed by atoms with Crippen LogP contribution in [0.4, 0.5) is 0 Å². The average Bonchev–Trinajstić information content (AvgIpc) is 2.77. The minimum Gasteiger partial charge on any atom is -0.307 e. The second-order valence-electron chi connectivity index (χ2n) is 2.47. The largest absolute Gasteiger partial charge is 0.307 e. The van der Waals surface area contributed by atoms with Crippen molar-refractivity contribution in [2.75, 3.05) is 13.1 Å². The summed E-state index contributed by atoms with van der Waals surface area (Å²) in [5.74, 6) is 0. The Bertz CT molecular complexity index is 303. The Morgan fingerprint density at radius 3 is 3.00 bits per heavy atom. The molecular weight excluding hydrogens is 172 g/mol. The SMILES string of the molecule is S=C(N1C=NCC1)n1ccnc1. The van der Waals surface area contributed by atoms with Crippen molar-refractivity contribution in [1.29, 1.82) is 0 Å². The number of thiocarbonyl (C=S) groups is 1. The Hall–Kier alpha value is -1.23. The van der Waals surface area contributed by atoms with Gasteiger partial charge in [0.15, 0.2) is 5.11 Å². The summed E-state index contributed by atoms with van der Waals surface area (Å²) in [4.78, 5) is 9.92. The molecule has 1 aromatic heterocycles. The summed E-state index contributed by atoms with van der Waals surface area (Å²) in [5, 5.41) is 0.730. The molecule has 2 rings (SSSR count). The second-order valence-corrected chi connectivity index (χ2v) is 2.83. The van der Waals surface area contributed by atoms with Crippen molar-refractivity contribution < 1.29 is 0 Å². The van der Waals surface area contributed by atoms with E-state index in [9.17, 15) is 0 Å². The molecule has 2 heterocycles. The molecule has 12 heavy (non-hydrogen) atoms. The van der Waals surface area contributed by atoms with Gasteiger partial charge in [-0.25, -0.2) is 4.98 Å². The van der Waals surface area contributed by atoms with Crippen LogP contribution in [-0.2, 0) is 0 Å². The Kier molecular flexibility index (Phi) is 1.87. The van der Waals surface area contributed by atoms with E-state index in [4.69, 9.17) is 12.2 Å². The number of rotatable bonds is 0. The first-order valence-electron chi connectivity index (χ1n) is 3.67. The molecule has 0 saturated carbocycles. The molecule has 0 spiro atoms. The standard InChI is InChI=1S/C7H8N4S/c12-7(10-3-1-8-5-10)11-4-2-9-6-11/h1,3,5-6H,2,4H2. The molecule has 1 aliphatic rings. The van der Waals surface area contributed by atoms with Crippen molar-refractivity contribution in [3.63, 3.8) is 0 Å². The van der Waals surface area contributed by atoms with Crippen LogP contribution < -0.4 is 0 Å². The molecule has 0 amide bonds. The number of hydrogen-bond acceptors (Lipinski definition) is 3. The molecule has 62 valence electrons. The predicted octanol–water partition coefficient (Wildman–Crippen LogP) is 0.360. The molecule has 0 bridgehead atoms. The summed E-state index contributed by atoms with van der Waals surface area (Å²) in [7, 11) is 0. The molecule has 0 aromatic carbocycles. The number of aromatic nitrogens is 2. The predicted molar refractivity (Wildman–Crippen MR) is 50.3 cm³/mol. The van der Waals surface area contributed by atoms with Gasteiger partial charge in [0, 0.05) is 18.9 Å². The van der Waals surface area contributed by atoms with E-state index in [1.54, 1.807) is 23.4 Å². The molecule has 0 unspecified atom stereocenters. The van der Waals surface area contributed by atoms with Gasteiger partial charge in [0.1, 0.15) is 6.33 Å². The summed E-state index contributed by atoms with van der Waals surface area (Å²) in [5.41, 5.74) is 0. The minimum absolute atomic E-state index is 0.730. The lowest BCUT2D eigenvalue weighted by Crippen LogP contribution is -2.31. The maximum Gasteiger partial charge on any atom is 0.186 e. The zero-order valence-electron chi connectivity index (χ0n) is 6.42. The molecule has 5 heteroatoms. The van der Waals surface area contributed by atoms with E-state index < -0.39 is 0 Å². The van der Waals surface area contributed by atoms with Gasteiger partial charge in [-0.05, 0) is 12.2 Å². The molecule has 0 atom stereocenters. The van der Waals surface area contributed by atoms with Crippen molar-refractivity contribution in [1.82, 2.24) is 14.5 Å². The fourth-order valence-corrected chi connectivity index (χ4v) is 1.29. The van der Waals surface area contributed by atoms with Crippen molar-refractivity contribution in [3.05, 3.63) is 18.7 Å². The van der Waals surface area contributed by atoms with Gasteiger partial charge < -0.3 is 4.90 Å². The number of nitrogens with zero attached hydrogens (tertiary/aromatic N) is 4. The molecule has 0 saturated heterocycles. The van der Waals surface area contributed by atoms with E-state index in [0.717, 1.165) is 18.2 Å². The van der Waals surface area contributed by atoms with Gasteiger partial charge in [-0.3, -0.25) is 9.56 Å². The zero-order valence-corrected chi connectivity index (χ0v) is 7.24. The van der Waals surface area contributed by atoms with Crippen LogP contribution in [0.5, 0.6) is 0 Å². The van der Waals surface area contributed by atoms with E-state index in [-0.39, 0.29) is 0 Å². The van der Waals surface area contributed by atoms with E-state index >= 15 is 0 Å². The van der Waals surface area contributed by atoms with Crippen LogP contribution in [0.15, 0.2) is 23.7 Å². The zero-order chi connectivity index (χ0) is 8.39. The highest BCUT2D eigenvalue weighted by Gasteiger charge is 2.11. The lowest BCUT2D eigenvalue weighted by atomic mass is 10.6. The number of hydrogen-bond donors (Lipinski definition) is 0. The highest BCUT2D eigenvalue weighted by Crippen LogP contribution is 1.98. The Labute approximate surface area is 75.5 Å². The van der Waals surface area contributed by atoms with Crippen LogP contribution in [0.3, 0.4) is 0 Å². The van der Waals surface area contributed by atoms with Crippen LogP contribution in [-0.4, -0.2) is 39.0 Å². The van der Waals surface area contributed by atoms with E-state index in [2.05, 4.69) is 9.98 Å². The Morgan fingerprint density at radius 2 is 2.42 bits per heavy atom. The third-order valence-corrected chi connectivity index (χ3v) is 2.11. The summed E-state index contributed by atoms with van der Waals surface area (Å²) >= 11 is 5.19. The van der Waals surface area contributed by atoms with Crippen LogP contribution in [0.1, 0.15) is 0 Å². The molecule has 1 aromatic rings. The number of aliphatic imine (C=N–C) groups is 1. The summed E-state index contributed by atoms with van der Waals surface area (Å²) in [6.07, 6.45) is 6.99. The van der Waals surface area contributed by atoms with Gasteiger partial charge in [-0.1, -0.05) is 0 Å². The van der Waals surface area contributed by atoms with Gasteiger partial charge in [0.25, 0.3) is 0 Å². The third kappa shape index (κ3) is 1.23. The lowest BCUT2D eigenvalue weighted by molar-refractivity contribution is 0.664. The maximum atomic E-state index is 5.19. The van der Waals surface area contributed by atoms with Crippen LogP contribution in [0.25, 0.3) is 0 Å². The van der Waals surface area contributed by atoms with Crippen molar-refractivity contribution in [3.8, 4) is 0 Å². The summed E-state index contributed by atoms with van der Waals surface area (Å²) < 4.78 is 1.80. The average molecular weight is 180 g/mol. The molecule has 4 nitrogen and oxygen atoms in total. The van der Waals surface area contributed by atoms with Crippen molar-refractivity contribution in [2.24, 2.45) is 4.99 Å². The van der Waals surface area contributed by atoms with Gasteiger partial charge >= 0.3 is 0 Å². The number of imidazole rings is 1. The first-order valence-corrected chi connectivity index (χ1v) is 4.07. The molecule has 0 fully saturated rings. The Morgan fingerprint density at radius 1 is 1.50 bits per heavy atom. The summed E-state index contributed by atoms with van der Waals surface area (Å²) in [6, 6.07) is 0.